The predicted octanol–water partition coefficient (Wildman–Crippen LogP) is 2.58. The Morgan fingerprint density at radius 3 is 2.82 bits per heavy atom. The second-order valence-electron chi connectivity index (χ2n) is 6.76. The summed E-state index contributed by atoms with van der Waals surface area (Å²) in [5.74, 6) is 1.98. The highest BCUT2D eigenvalue weighted by Crippen LogP contribution is 2.32. The van der Waals surface area contributed by atoms with Crippen molar-refractivity contribution >= 4 is 5.96 Å². The third-order valence-corrected chi connectivity index (χ3v) is 4.87. The third-order valence-electron chi connectivity index (χ3n) is 4.87. The van der Waals surface area contributed by atoms with E-state index in [4.69, 9.17) is 4.42 Å². The molecule has 0 aliphatic carbocycles. The van der Waals surface area contributed by atoms with Crippen LogP contribution in [-0.2, 0) is 0 Å². The molecule has 0 bridgehead atoms. The van der Waals surface area contributed by atoms with Gasteiger partial charge in [0.05, 0.1) is 12.3 Å². The zero-order chi connectivity index (χ0) is 16.2. The first kappa shape index (κ1) is 16.9. The number of hydrogen-bond donors (Lipinski definition) is 1. The number of furan rings is 1. The second kappa shape index (κ2) is 7.18. The van der Waals surface area contributed by atoms with Crippen molar-refractivity contribution in [2.24, 2.45) is 10.4 Å². The number of likely N-dealkylation sites (N-methyl/N-ethyl adjacent to an activating group) is 1. The minimum atomic E-state index is 0.201. The van der Waals surface area contributed by atoms with Crippen molar-refractivity contribution in [1.29, 1.82) is 0 Å². The van der Waals surface area contributed by atoms with E-state index >= 15 is 0 Å². The molecule has 0 aromatic carbocycles. The summed E-state index contributed by atoms with van der Waals surface area (Å²) in [6, 6.07) is 4.17. The van der Waals surface area contributed by atoms with Crippen LogP contribution < -0.4 is 5.32 Å². The fourth-order valence-electron chi connectivity index (χ4n) is 3.03. The molecule has 0 saturated carbocycles. The van der Waals surface area contributed by atoms with Gasteiger partial charge in [0.25, 0.3) is 0 Å². The molecule has 0 spiro atoms. The summed E-state index contributed by atoms with van der Waals surface area (Å²) < 4.78 is 5.56. The average molecular weight is 306 g/mol. The number of nitrogens with one attached hydrogen (secondary N) is 1. The molecular formula is C17H30N4O. The van der Waals surface area contributed by atoms with E-state index in [1.165, 1.54) is 12.8 Å². The van der Waals surface area contributed by atoms with Gasteiger partial charge in [-0.15, -0.1) is 0 Å². The van der Waals surface area contributed by atoms with Gasteiger partial charge in [-0.2, -0.15) is 0 Å². The van der Waals surface area contributed by atoms with Crippen molar-refractivity contribution in [3.8, 4) is 0 Å². The first-order chi connectivity index (χ1) is 10.5. The summed E-state index contributed by atoms with van der Waals surface area (Å²) in [5.41, 5.74) is 0.416. The van der Waals surface area contributed by atoms with Crippen LogP contribution in [0.15, 0.2) is 27.8 Å². The van der Waals surface area contributed by atoms with Gasteiger partial charge >= 0.3 is 0 Å². The van der Waals surface area contributed by atoms with Crippen LogP contribution in [0.25, 0.3) is 0 Å². The maximum absolute atomic E-state index is 5.56. The molecule has 0 radical (unpaired) electrons. The summed E-state index contributed by atoms with van der Waals surface area (Å²) in [6.45, 7) is 7.59. The lowest BCUT2D eigenvalue weighted by Crippen LogP contribution is -2.44. The van der Waals surface area contributed by atoms with E-state index in [9.17, 15) is 0 Å². The molecule has 1 fully saturated rings. The molecule has 1 aliphatic rings. The summed E-state index contributed by atoms with van der Waals surface area (Å²) in [4.78, 5) is 9.00. The molecular weight excluding hydrogens is 276 g/mol. The van der Waals surface area contributed by atoms with Crippen molar-refractivity contribution in [3.05, 3.63) is 24.2 Å². The molecule has 5 heteroatoms. The van der Waals surface area contributed by atoms with Gasteiger partial charge in [0.15, 0.2) is 5.96 Å². The molecule has 1 aromatic heterocycles. The van der Waals surface area contributed by atoms with Gasteiger partial charge in [-0.1, -0.05) is 13.8 Å². The van der Waals surface area contributed by atoms with Crippen LogP contribution in [0.2, 0.25) is 0 Å². The molecule has 2 atom stereocenters. The van der Waals surface area contributed by atoms with Crippen LogP contribution >= 0.6 is 0 Å². The number of rotatable bonds is 5. The van der Waals surface area contributed by atoms with Gasteiger partial charge in [0, 0.05) is 26.7 Å². The minimum absolute atomic E-state index is 0.201. The van der Waals surface area contributed by atoms with E-state index in [1.807, 2.05) is 19.2 Å². The lowest BCUT2D eigenvalue weighted by molar-refractivity contribution is 0.255. The highest BCUT2D eigenvalue weighted by molar-refractivity contribution is 5.80. The van der Waals surface area contributed by atoms with Gasteiger partial charge in [-0.3, -0.25) is 9.89 Å². The molecule has 1 aliphatic heterocycles. The van der Waals surface area contributed by atoms with E-state index < -0.39 is 0 Å². The summed E-state index contributed by atoms with van der Waals surface area (Å²) in [6.07, 6.45) is 4.18. The Balaban J connectivity index is 1.96. The first-order valence-corrected chi connectivity index (χ1v) is 8.14. The van der Waals surface area contributed by atoms with Crippen molar-refractivity contribution in [1.82, 2.24) is 15.1 Å². The number of hydrogen-bond acceptors (Lipinski definition) is 3. The molecule has 2 rings (SSSR count). The Bertz CT molecular complexity index is 483. The Labute approximate surface area is 134 Å². The van der Waals surface area contributed by atoms with Crippen LogP contribution in [-0.4, -0.2) is 56.5 Å². The molecule has 124 valence electrons. The molecule has 1 N–H and O–H groups in total. The van der Waals surface area contributed by atoms with Crippen molar-refractivity contribution in [3.63, 3.8) is 0 Å². The number of guanidine groups is 1. The molecule has 1 aromatic rings. The van der Waals surface area contributed by atoms with Crippen molar-refractivity contribution in [2.45, 2.75) is 32.7 Å². The Kier molecular flexibility index (Phi) is 5.51. The molecule has 22 heavy (non-hydrogen) atoms. The van der Waals surface area contributed by atoms with Gasteiger partial charge in [-0.05, 0) is 44.5 Å². The van der Waals surface area contributed by atoms with Crippen molar-refractivity contribution < 1.29 is 4.42 Å². The second-order valence-corrected chi connectivity index (χ2v) is 6.76. The Hall–Kier alpha value is -1.49. The number of likely N-dealkylation sites (tertiary alicyclic amines) is 1. The standard InChI is InChI=1S/C17H30N4O/c1-6-17(2)9-10-21(13-17)16(18-3)19-12-14(20(4)5)15-8-7-11-22-15/h7-8,11,14H,6,9-10,12-13H2,1-5H3,(H,18,19). The molecule has 0 amide bonds. The lowest BCUT2D eigenvalue weighted by Gasteiger charge is -2.28. The summed E-state index contributed by atoms with van der Waals surface area (Å²) in [5, 5.41) is 3.52. The van der Waals surface area contributed by atoms with E-state index in [-0.39, 0.29) is 6.04 Å². The Morgan fingerprint density at radius 2 is 2.32 bits per heavy atom. The monoisotopic (exact) mass is 306 g/mol. The fourth-order valence-corrected chi connectivity index (χ4v) is 3.03. The maximum Gasteiger partial charge on any atom is 0.193 e. The topological polar surface area (TPSA) is 44.0 Å². The van der Waals surface area contributed by atoms with Crippen LogP contribution in [0.1, 0.15) is 38.5 Å². The molecule has 5 nitrogen and oxygen atoms in total. The van der Waals surface area contributed by atoms with Crippen molar-refractivity contribution in [2.75, 3.05) is 40.8 Å². The minimum Gasteiger partial charge on any atom is -0.468 e. The maximum atomic E-state index is 5.56. The molecule has 2 unspecified atom stereocenters. The zero-order valence-electron chi connectivity index (χ0n) is 14.6. The SMILES string of the molecule is CCC1(C)CCN(C(=NC)NCC(c2ccco2)N(C)C)C1. The lowest BCUT2D eigenvalue weighted by atomic mass is 9.87. The van der Waals surface area contributed by atoms with Crippen LogP contribution in [0.3, 0.4) is 0 Å². The van der Waals surface area contributed by atoms with E-state index in [0.29, 0.717) is 5.41 Å². The third kappa shape index (κ3) is 3.83. The quantitative estimate of drug-likeness (QED) is 0.671. The highest BCUT2D eigenvalue weighted by atomic mass is 16.3. The first-order valence-electron chi connectivity index (χ1n) is 8.14. The van der Waals surface area contributed by atoms with Gasteiger partial charge in [0.2, 0.25) is 0 Å². The van der Waals surface area contributed by atoms with Gasteiger partial charge in [-0.25, -0.2) is 0 Å². The van der Waals surface area contributed by atoms with E-state index in [1.54, 1.807) is 6.26 Å². The van der Waals surface area contributed by atoms with E-state index in [0.717, 1.165) is 31.4 Å². The fraction of sp³-hybridized carbons (Fsp3) is 0.706. The molecule has 1 saturated heterocycles. The van der Waals surface area contributed by atoms with Crippen LogP contribution in [0.4, 0.5) is 0 Å². The normalized spacial score (nSPS) is 24.1. The predicted molar refractivity (Wildman–Crippen MR) is 91.1 cm³/mol. The molecule has 2 heterocycles. The smallest absolute Gasteiger partial charge is 0.193 e. The summed E-state index contributed by atoms with van der Waals surface area (Å²) >= 11 is 0. The zero-order valence-corrected chi connectivity index (χ0v) is 14.6. The number of aliphatic imine (C=N–C) groups is 1. The van der Waals surface area contributed by atoms with E-state index in [2.05, 4.69) is 48.1 Å². The number of nitrogens with zero attached hydrogens (tertiary/aromatic N) is 3. The van der Waals surface area contributed by atoms with Crippen LogP contribution in [0, 0.1) is 5.41 Å². The average Bonchev–Trinajstić information content (AvgIpc) is 3.14. The van der Waals surface area contributed by atoms with Crippen LogP contribution in [0.5, 0.6) is 0 Å². The highest BCUT2D eigenvalue weighted by Gasteiger charge is 2.33. The van der Waals surface area contributed by atoms with Gasteiger partial charge in [0.1, 0.15) is 5.76 Å². The Morgan fingerprint density at radius 1 is 1.55 bits per heavy atom. The largest absolute Gasteiger partial charge is 0.468 e. The summed E-state index contributed by atoms with van der Waals surface area (Å²) in [7, 11) is 6.00. The van der Waals surface area contributed by atoms with Gasteiger partial charge < -0.3 is 14.6 Å².